The highest BCUT2D eigenvalue weighted by Gasteiger charge is 2.32. The van der Waals surface area contributed by atoms with Crippen LogP contribution in [-0.4, -0.2) is 42.7 Å². The molecule has 0 N–H and O–H groups in total. The fraction of sp³-hybridized carbons (Fsp3) is 0.500. The zero-order chi connectivity index (χ0) is 20.3. The quantitative estimate of drug-likeness (QED) is 0.632. The Morgan fingerprint density at radius 1 is 1.07 bits per heavy atom. The number of nitrogens with zero attached hydrogens (tertiary/aromatic N) is 2. The van der Waals surface area contributed by atoms with Gasteiger partial charge in [-0.2, -0.15) is 4.31 Å². The van der Waals surface area contributed by atoms with Crippen LogP contribution in [0.2, 0.25) is 0 Å². The van der Waals surface area contributed by atoms with Gasteiger partial charge in [0.15, 0.2) is 0 Å². The molecule has 0 unspecified atom stereocenters. The summed E-state index contributed by atoms with van der Waals surface area (Å²) in [6, 6.07) is 11.6. The van der Waals surface area contributed by atoms with Crippen molar-refractivity contribution in [3.05, 3.63) is 52.2 Å². The highest BCUT2D eigenvalue weighted by Crippen LogP contribution is 2.30. The molecule has 1 saturated heterocycles. The average molecular weight is 433 g/mol. The summed E-state index contributed by atoms with van der Waals surface area (Å²) in [5, 5.41) is 2.05. The molecule has 2 aromatic rings. The van der Waals surface area contributed by atoms with Gasteiger partial charge in [0.25, 0.3) is 0 Å². The first-order valence-corrected chi connectivity index (χ1v) is 12.8. The zero-order valence-electron chi connectivity index (χ0n) is 16.6. The minimum absolute atomic E-state index is 0.186. The van der Waals surface area contributed by atoms with Gasteiger partial charge in [-0.3, -0.25) is 4.79 Å². The van der Waals surface area contributed by atoms with Crippen LogP contribution in [-0.2, 0) is 27.8 Å². The molecule has 1 aromatic carbocycles. The number of sulfonamides is 1. The van der Waals surface area contributed by atoms with E-state index in [1.54, 1.807) is 27.8 Å². The minimum atomic E-state index is -3.40. The van der Waals surface area contributed by atoms with E-state index in [2.05, 4.69) is 6.07 Å². The van der Waals surface area contributed by atoms with E-state index in [0.717, 1.165) is 37.7 Å². The lowest BCUT2D eigenvalue weighted by Gasteiger charge is -2.26. The molecule has 4 rings (SSSR count). The summed E-state index contributed by atoms with van der Waals surface area (Å²) < 4.78 is 27.1. The molecule has 1 amide bonds. The second kappa shape index (κ2) is 8.98. The van der Waals surface area contributed by atoms with E-state index < -0.39 is 10.0 Å². The Balaban J connectivity index is 1.35. The maximum Gasteiger partial charge on any atom is 0.243 e. The SMILES string of the molecule is O=C(CCc1ccc(S(=O)(=O)N2CCCCC2)cc1)N(Cc1cccs1)C1CC1. The Labute approximate surface area is 177 Å². The van der Waals surface area contributed by atoms with Crippen molar-refractivity contribution in [2.45, 2.75) is 62.4 Å². The Bertz CT molecular complexity index is 913. The second-order valence-electron chi connectivity index (χ2n) is 7.94. The fourth-order valence-electron chi connectivity index (χ4n) is 3.85. The molecule has 5 nitrogen and oxygen atoms in total. The van der Waals surface area contributed by atoms with Gasteiger partial charge in [0, 0.05) is 30.4 Å². The van der Waals surface area contributed by atoms with Crippen LogP contribution in [0.25, 0.3) is 0 Å². The van der Waals surface area contributed by atoms with Gasteiger partial charge in [-0.1, -0.05) is 24.6 Å². The molecule has 156 valence electrons. The van der Waals surface area contributed by atoms with Crippen LogP contribution in [0.1, 0.15) is 49.0 Å². The topological polar surface area (TPSA) is 57.7 Å². The Morgan fingerprint density at radius 3 is 2.41 bits per heavy atom. The van der Waals surface area contributed by atoms with Crippen molar-refractivity contribution >= 4 is 27.3 Å². The van der Waals surface area contributed by atoms with Crippen LogP contribution in [0.3, 0.4) is 0 Å². The van der Waals surface area contributed by atoms with Gasteiger partial charge in [-0.25, -0.2) is 8.42 Å². The third kappa shape index (κ3) is 5.08. The van der Waals surface area contributed by atoms with E-state index >= 15 is 0 Å². The van der Waals surface area contributed by atoms with Gasteiger partial charge >= 0.3 is 0 Å². The molecule has 2 fully saturated rings. The molecule has 0 spiro atoms. The van der Waals surface area contributed by atoms with Gasteiger partial charge in [0.2, 0.25) is 15.9 Å². The molecular weight excluding hydrogens is 404 g/mol. The molecule has 0 radical (unpaired) electrons. The molecule has 2 heterocycles. The number of hydrogen-bond acceptors (Lipinski definition) is 4. The summed E-state index contributed by atoms with van der Waals surface area (Å²) in [4.78, 5) is 16.4. The first-order chi connectivity index (χ1) is 14.0. The molecule has 1 aromatic heterocycles. The molecular formula is C22H28N2O3S2. The van der Waals surface area contributed by atoms with E-state index in [0.29, 0.717) is 43.4 Å². The number of thiophene rings is 1. The normalized spacial score (nSPS) is 17.9. The van der Waals surface area contributed by atoms with Gasteiger partial charge < -0.3 is 4.90 Å². The van der Waals surface area contributed by atoms with Crippen LogP contribution in [0.15, 0.2) is 46.7 Å². The Hall–Kier alpha value is -1.70. The largest absolute Gasteiger partial charge is 0.335 e. The molecule has 7 heteroatoms. The van der Waals surface area contributed by atoms with E-state index in [1.165, 1.54) is 4.88 Å². The predicted octanol–water partition coefficient (Wildman–Crippen LogP) is 4.05. The number of piperidine rings is 1. The lowest BCUT2D eigenvalue weighted by atomic mass is 10.1. The highest BCUT2D eigenvalue weighted by atomic mass is 32.2. The van der Waals surface area contributed by atoms with Crippen molar-refractivity contribution in [3.63, 3.8) is 0 Å². The Kier molecular flexibility index (Phi) is 6.37. The Morgan fingerprint density at radius 2 is 1.79 bits per heavy atom. The maximum absolute atomic E-state index is 12.8. The van der Waals surface area contributed by atoms with Crippen molar-refractivity contribution in [2.24, 2.45) is 0 Å². The molecule has 29 heavy (non-hydrogen) atoms. The number of amides is 1. The van der Waals surface area contributed by atoms with E-state index in [-0.39, 0.29) is 5.91 Å². The molecule has 0 atom stereocenters. The first-order valence-electron chi connectivity index (χ1n) is 10.4. The number of rotatable bonds is 8. The molecule has 0 bridgehead atoms. The summed E-state index contributed by atoms with van der Waals surface area (Å²) in [6.07, 6.45) is 6.26. The minimum Gasteiger partial charge on any atom is -0.335 e. The summed E-state index contributed by atoms with van der Waals surface area (Å²) in [6.45, 7) is 1.92. The van der Waals surface area contributed by atoms with Crippen LogP contribution in [0, 0.1) is 0 Å². The monoisotopic (exact) mass is 432 g/mol. The van der Waals surface area contributed by atoms with Crippen molar-refractivity contribution in [3.8, 4) is 0 Å². The number of hydrogen-bond donors (Lipinski definition) is 0. The van der Waals surface area contributed by atoms with Gasteiger partial charge in [-0.05, 0) is 61.2 Å². The number of carbonyl (C=O) groups excluding carboxylic acids is 1. The van der Waals surface area contributed by atoms with Crippen LogP contribution < -0.4 is 0 Å². The van der Waals surface area contributed by atoms with E-state index in [9.17, 15) is 13.2 Å². The van der Waals surface area contributed by atoms with Gasteiger partial charge in [0.1, 0.15) is 0 Å². The van der Waals surface area contributed by atoms with Crippen molar-refractivity contribution in [1.82, 2.24) is 9.21 Å². The third-order valence-corrected chi connectivity index (χ3v) is 8.49. The molecule has 1 aliphatic heterocycles. The van der Waals surface area contributed by atoms with E-state index in [4.69, 9.17) is 0 Å². The third-order valence-electron chi connectivity index (χ3n) is 5.72. The van der Waals surface area contributed by atoms with Crippen molar-refractivity contribution in [1.29, 1.82) is 0 Å². The average Bonchev–Trinajstić information content (AvgIpc) is 3.46. The van der Waals surface area contributed by atoms with Crippen LogP contribution in [0.5, 0.6) is 0 Å². The number of aryl methyl sites for hydroxylation is 1. The number of carbonyl (C=O) groups is 1. The van der Waals surface area contributed by atoms with E-state index in [1.807, 2.05) is 28.5 Å². The predicted molar refractivity (Wildman–Crippen MR) is 115 cm³/mol. The van der Waals surface area contributed by atoms with Crippen LogP contribution in [0.4, 0.5) is 0 Å². The lowest BCUT2D eigenvalue weighted by Crippen LogP contribution is -2.35. The fourth-order valence-corrected chi connectivity index (χ4v) is 6.07. The molecule has 1 saturated carbocycles. The standard InChI is InChI=1S/C22H28N2O3S2/c25-22(24(19-9-10-19)17-20-5-4-16-28-20)13-8-18-6-11-21(12-7-18)29(26,27)23-14-2-1-3-15-23/h4-7,11-12,16,19H,1-3,8-10,13-15,17H2. The summed E-state index contributed by atoms with van der Waals surface area (Å²) >= 11 is 1.69. The lowest BCUT2D eigenvalue weighted by molar-refractivity contribution is -0.132. The first kappa shape index (κ1) is 20.6. The zero-order valence-corrected chi connectivity index (χ0v) is 18.3. The summed E-state index contributed by atoms with van der Waals surface area (Å²) in [5.41, 5.74) is 1.00. The van der Waals surface area contributed by atoms with Crippen LogP contribution >= 0.6 is 11.3 Å². The summed E-state index contributed by atoms with van der Waals surface area (Å²) in [5.74, 6) is 0.186. The molecule has 1 aliphatic carbocycles. The smallest absolute Gasteiger partial charge is 0.243 e. The number of benzene rings is 1. The molecule has 2 aliphatic rings. The van der Waals surface area contributed by atoms with Gasteiger partial charge in [0.05, 0.1) is 11.4 Å². The second-order valence-corrected chi connectivity index (χ2v) is 10.9. The van der Waals surface area contributed by atoms with Gasteiger partial charge in [-0.15, -0.1) is 11.3 Å². The highest BCUT2D eigenvalue weighted by molar-refractivity contribution is 7.89. The van der Waals surface area contributed by atoms with Crippen molar-refractivity contribution < 1.29 is 13.2 Å². The maximum atomic E-state index is 12.8. The summed E-state index contributed by atoms with van der Waals surface area (Å²) in [7, 11) is -3.40. The van der Waals surface area contributed by atoms with Crippen molar-refractivity contribution in [2.75, 3.05) is 13.1 Å².